The van der Waals surface area contributed by atoms with Crippen molar-refractivity contribution in [3.63, 3.8) is 0 Å². The first-order chi connectivity index (χ1) is 6.77. The maximum atomic E-state index is 5.69. The van der Waals surface area contributed by atoms with Crippen LogP contribution < -0.4 is 5.73 Å². The van der Waals surface area contributed by atoms with Gasteiger partial charge >= 0.3 is 0 Å². The van der Waals surface area contributed by atoms with E-state index in [9.17, 15) is 0 Å². The molecule has 0 spiro atoms. The van der Waals surface area contributed by atoms with Crippen molar-refractivity contribution in [2.75, 3.05) is 5.73 Å². The van der Waals surface area contributed by atoms with Crippen LogP contribution in [0.25, 0.3) is 16.9 Å². The molecule has 3 aromatic heterocycles. The monoisotopic (exact) mass is 187 g/mol. The maximum absolute atomic E-state index is 5.69. The molecule has 0 saturated carbocycles. The van der Waals surface area contributed by atoms with Crippen LogP contribution in [0.2, 0.25) is 0 Å². The number of anilines is 1. The van der Waals surface area contributed by atoms with Crippen LogP contribution in [-0.4, -0.2) is 18.9 Å². The van der Waals surface area contributed by atoms with Crippen molar-refractivity contribution in [2.24, 2.45) is 7.05 Å². The fourth-order valence-electron chi connectivity index (χ4n) is 1.65. The fraction of sp³-hybridized carbons (Fsp3) is 0.111. The highest BCUT2D eigenvalue weighted by atomic mass is 15.2. The van der Waals surface area contributed by atoms with Gasteiger partial charge in [0.1, 0.15) is 5.65 Å². The second kappa shape index (κ2) is 2.25. The number of nitrogen functional groups attached to an aromatic ring is 1. The molecule has 70 valence electrons. The van der Waals surface area contributed by atoms with Gasteiger partial charge in [-0.15, -0.1) is 0 Å². The molecule has 0 saturated heterocycles. The molecule has 0 aliphatic heterocycles. The van der Waals surface area contributed by atoms with E-state index in [1.54, 1.807) is 0 Å². The highest BCUT2D eigenvalue weighted by molar-refractivity contribution is 5.76. The molecule has 0 atom stereocenters. The predicted octanol–water partition coefficient (Wildman–Crippen LogP) is 0.803. The van der Waals surface area contributed by atoms with Crippen LogP contribution in [0.4, 0.5) is 5.95 Å². The van der Waals surface area contributed by atoms with Crippen LogP contribution in [0.3, 0.4) is 0 Å². The molecule has 3 rings (SSSR count). The number of aryl methyl sites for hydroxylation is 1. The third-order valence-corrected chi connectivity index (χ3v) is 2.37. The average molecular weight is 187 g/mol. The quantitative estimate of drug-likeness (QED) is 0.566. The summed E-state index contributed by atoms with van der Waals surface area (Å²) in [6, 6.07) is 5.85. The standard InChI is InChI=1S/C9H9N5/c1-13-8-7(12-9(13)10)11-6-4-2-3-5-14(6)8/h2-5H,1H3,(H2,10,12). The third kappa shape index (κ3) is 0.736. The molecule has 0 radical (unpaired) electrons. The second-order valence-electron chi connectivity index (χ2n) is 3.22. The Morgan fingerprint density at radius 2 is 2.14 bits per heavy atom. The highest BCUT2D eigenvalue weighted by Crippen LogP contribution is 2.17. The molecular formula is C9H9N5. The smallest absolute Gasteiger partial charge is 0.203 e. The summed E-state index contributed by atoms with van der Waals surface area (Å²) in [4.78, 5) is 8.51. The number of pyridine rings is 1. The van der Waals surface area contributed by atoms with Gasteiger partial charge in [-0.05, 0) is 12.1 Å². The number of fused-ring (bicyclic) bond motifs is 3. The molecule has 3 aromatic rings. The molecular weight excluding hydrogens is 178 g/mol. The van der Waals surface area contributed by atoms with E-state index in [1.807, 2.05) is 40.4 Å². The molecule has 0 amide bonds. The van der Waals surface area contributed by atoms with Gasteiger partial charge in [0.2, 0.25) is 5.95 Å². The van der Waals surface area contributed by atoms with Crippen LogP contribution >= 0.6 is 0 Å². The van der Waals surface area contributed by atoms with Gasteiger partial charge in [-0.1, -0.05) is 6.07 Å². The lowest BCUT2D eigenvalue weighted by Crippen LogP contribution is -1.99. The lowest BCUT2D eigenvalue weighted by molar-refractivity contribution is 0.933. The van der Waals surface area contributed by atoms with E-state index >= 15 is 0 Å². The first-order valence-corrected chi connectivity index (χ1v) is 4.32. The Bertz CT molecular complexity index is 618. The summed E-state index contributed by atoms with van der Waals surface area (Å²) in [5.74, 6) is 0.487. The molecule has 0 bridgehead atoms. The Morgan fingerprint density at radius 1 is 1.29 bits per heavy atom. The molecule has 3 heterocycles. The largest absolute Gasteiger partial charge is 0.369 e. The summed E-state index contributed by atoms with van der Waals surface area (Å²) in [6.07, 6.45) is 1.95. The number of hydrogen-bond acceptors (Lipinski definition) is 3. The maximum Gasteiger partial charge on any atom is 0.203 e. The van der Waals surface area contributed by atoms with Crippen LogP contribution in [0.15, 0.2) is 24.4 Å². The van der Waals surface area contributed by atoms with E-state index in [1.165, 1.54) is 0 Å². The molecule has 0 aromatic carbocycles. The van der Waals surface area contributed by atoms with Crippen molar-refractivity contribution >= 4 is 22.9 Å². The zero-order valence-corrected chi connectivity index (χ0v) is 7.68. The van der Waals surface area contributed by atoms with Gasteiger partial charge in [-0.2, -0.15) is 4.98 Å². The number of hydrogen-bond donors (Lipinski definition) is 1. The molecule has 0 unspecified atom stereocenters. The minimum atomic E-state index is 0.487. The minimum absolute atomic E-state index is 0.487. The first-order valence-electron chi connectivity index (χ1n) is 4.32. The van der Waals surface area contributed by atoms with Crippen molar-refractivity contribution < 1.29 is 0 Å². The molecule has 0 aliphatic carbocycles. The van der Waals surface area contributed by atoms with Crippen molar-refractivity contribution in [1.29, 1.82) is 0 Å². The van der Waals surface area contributed by atoms with E-state index in [0.717, 1.165) is 11.3 Å². The summed E-state index contributed by atoms with van der Waals surface area (Å²) >= 11 is 0. The number of nitrogens with zero attached hydrogens (tertiary/aromatic N) is 4. The Morgan fingerprint density at radius 3 is 3.00 bits per heavy atom. The van der Waals surface area contributed by atoms with Gasteiger partial charge in [-0.3, -0.25) is 8.97 Å². The predicted molar refractivity (Wildman–Crippen MR) is 53.9 cm³/mol. The van der Waals surface area contributed by atoms with Gasteiger partial charge in [0.15, 0.2) is 11.3 Å². The van der Waals surface area contributed by atoms with Gasteiger partial charge in [0, 0.05) is 13.2 Å². The van der Waals surface area contributed by atoms with Gasteiger partial charge < -0.3 is 5.73 Å². The van der Waals surface area contributed by atoms with Crippen molar-refractivity contribution in [1.82, 2.24) is 18.9 Å². The van der Waals surface area contributed by atoms with Crippen LogP contribution in [0.5, 0.6) is 0 Å². The Kier molecular flexibility index (Phi) is 1.19. The van der Waals surface area contributed by atoms with Crippen LogP contribution in [0, 0.1) is 0 Å². The van der Waals surface area contributed by atoms with E-state index in [2.05, 4.69) is 9.97 Å². The SMILES string of the molecule is Cn1c(N)nc2nc3ccccn3c21. The van der Waals surface area contributed by atoms with Gasteiger partial charge in [0.05, 0.1) is 0 Å². The van der Waals surface area contributed by atoms with E-state index < -0.39 is 0 Å². The van der Waals surface area contributed by atoms with Crippen molar-refractivity contribution in [3.05, 3.63) is 24.4 Å². The molecule has 14 heavy (non-hydrogen) atoms. The Hall–Kier alpha value is -2.04. The average Bonchev–Trinajstić information content (AvgIpc) is 2.65. The van der Waals surface area contributed by atoms with E-state index in [0.29, 0.717) is 11.6 Å². The van der Waals surface area contributed by atoms with Crippen molar-refractivity contribution in [3.8, 4) is 0 Å². The zero-order chi connectivity index (χ0) is 9.71. The van der Waals surface area contributed by atoms with Crippen LogP contribution in [0.1, 0.15) is 0 Å². The van der Waals surface area contributed by atoms with Gasteiger partial charge in [0.25, 0.3) is 0 Å². The lowest BCUT2D eigenvalue weighted by atomic mass is 10.5. The third-order valence-electron chi connectivity index (χ3n) is 2.37. The molecule has 2 N–H and O–H groups in total. The first kappa shape index (κ1) is 7.37. The summed E-state index contributed by atoms with van der Waals surface area (Å²) in [6.45, 7) is 0. The normalized spacial score (nSPS) is 11.5. The molecule has 5 nitrogen and oxygen atoms in total. The summed E-state index contributed by atoms with van der Waals surface area (Å²) in [5, 5.41) is 0. The summed E-state index contributed by atoms with van der Waals surface area (Å²) in [5.41, 5.74) is 8.20. The zero-order valence-electron chi connectivity index (χ0n) is 7.68. The number of rotatable bonds is 0. The topological polar surface area (TPSA) is 61.1 Å². The number of nitrogens with two attached hydrogens (primary N) is 1. The number of imidazole rings is 2. The highest BCUT2D eigenvalue weighted by Gasteiger charge is 2.10. The second-order valence-corrected chi connectivity index (χ2v) is 3.22. The Balaban J connectivity index is 2.62. The molecule has 5 heteroatoms. The summed E-state index contributed by atoms with van der Waals surface area (Å²) < 4.78 is 3.80. The van der Waals surface area contributed by atoms with Gasteiger partial charge in [-0.25, -0.2) is 4.98 Å². The lowest BCUT2D eigenvalue weighted by Gasteiger charge is -1.97. The van der Waals surface area contributed by atoms with Crippen molar-refractivity contribution in [2.45, 2.75) is 0 Å². The van der Waals surface area contributed by atoms with E-state index in [4.69, 9.17) is 5.73 Å². The van der Waals surface area contributed by atoms with Crippen LogP contribution in [-0.2, 0) is 7.05 Å². The summed E-state index contributed by atoms with van der Waals surface area (Å²) in [7, 11) is 1.88. The van der Waals surface area contributed by atoms with E-state index in [-0.39, 0.29) is 0 Å². The molecule has 0 fully saturated rings. The fourth-order valence-corrected chi connectivity index (χ4v) is 1.65. The Labute approximate surface area is 79.8 Å². The number of aromatic nitrogens is 4. The molecule has 0 aliphatic rings. The minimum Gasteiger partial charge on any atom is -0.369 e.